The standard InChI is InChI=1S/C16H15BrFNO/c1-10-3-4-11(2)14(7-10)16(20)19-9-12-8-13(17)5-6-15(12)18/h3-8H,9H2,1-2H3,(H,19,20). The van der Waals surface area contributed by atoms with Crippen LogP contribution in [0.5, 0.6) is 0 Å². The van der Waals surface area contributed by atoms with Crippen LogP contribution in [0, 0.1) is 19.7 Å². The second-order valence-corrected chi connectivity index (χ2v) is 5.65. The van der Waals surface area contributed by atoms with Crippen molar-refractivity contribution in [2.45, 2.75) is 20.4 Å². The number of carbonyl (C=O) groups excluding carboxylic acids is 1. The molecule has 0 aliphatic rings. The van der Waals surface area contributed by atoms with E-state index >= 15 is 0 Å². The van der Waals surface area contributed by atoms with Gasteiger partial charge < -0.3 is 5.32 Å². The van der Waals surface area contributed by atoms with Gasteiger partial charge in [-0.3, -0.25) is 4.79 Å². The van der Waals surface area contributed by atoms with Crippen molar-refractivity contribution < 1.29 is 9.18 Å². The fourth-order valence-electron chi connectivity index (χ4n) is 1.93. The third kappa shape index (κ3) is 3.45. The average molecular weight is 336 g/mol. The Morgan fingerprint density at radius 1 is 1.20 bits per heavy atom. The fourth-order valence-corrected chi connectivity index (χ4v) is 2.34. The van der Waals surface area contributed by atoms with Gasteiger partial charge in [0.05, 0.1) is 0 Å². The lowest BCUT2D eigenvalue weighted by atomic mass is 10.0. The molecule has 0 aromatic heterocycles. The average Bonchev–Trinajstić information content (AvgIpc) is 2.42. The van der Waals surface area contributed by atoms with Crippen LogP contribution in [0.4, 0.5) is 4.39 Å². The fraction of sp³-hybridized carbons (Fsp3) is 0.188. The SMILES string of the molecule is Cc1ccc(C)c(C(=O)NCc2cc(Br)ccc2F)c1. The maximum absolute atomic E-state index is 13.6. The molecule has 0 aliphatic carbocycles. The summed E-state index contributed by atoms with van der Waals surface area (Å²) >= 11 is 3.29. The molecule has 0 heterocycles. The van der Waals surface area contributed by atoms with Crippen LogP contribution in [-0.2, 0) is 6.54 Å². The van der Waals surface area contributed by atoms with E-state index in [2.05, 4.69) is 21.2 Å². The molecule has 20 heavy (non-hydrogen) atoms. The first kappa shape index (κ1) is 14.7. The molecule has 1 N–H and O–H groups in total. The zero-order valence-electron chi connectivity index (χ0n) is 11.3. The van der Waals surface area contributed by atoms with E-state index in [4.69, 9.17) is 0 Å². The van der Waals surface area contributed by atoms with E-state index in [0.717, 1.165) is 15.6 Å². The molecule has 104 valence electrons. The van der Waals surface area contributed by atoms with Gasteiger partial charge in [-0.25, -0.2) is 4.39 Å². The molecule has 0 saturated heterocycles. The van der Waals surface area contributed by atoms with Gasteiger partial charge in [0, 0.05) is 22.1 Å². The highest BCUT2D eigenvalue weighted by molar-refractivity contribution is 9.10. The zero-order valence-corrected chi connectivity index (χ0v) is 12.9. The van der Waals surface area contributed by atoms with Crippen LogP contribution < -0.4 is 5.32 Å². The Labute approximate surface area is 126 Å². The third-order valence-electron chi connectivity index (χ3n) is 3.08. The second kappa shape index (κ2) is 6.18. The van der Waals surface area contributed by atoms with Crippen LogP contribution in [0.25, 0.3) is 0 Å². The molecule has 0 unspecified atom stereocenters. The van der Waals surface area contributed by atoms with Crippen molar-refractivity contribution in [2.75, 3.05) is 0 Å². The minimum atomic E-state index is -0.325. The highest BCUT2D eigenvalue weighted by Crippen LogP contribution is 2.16. The van der Waals surface area contributed by atoms with Crippen molar-refractivity contribution in [3.63, 3.8) is 0 Å². The van der Waals surface area contributed by atoms with Gasteiger partial charge in [-0.1, -0.05) is 33.6 Å². The van der Waals surface area contributed by atoms with Crippen molar-refractivity contribution in [1.29, 1.82) is 0 Å². The monoisotopic (exact) mass is 335 g/mol. The number of amides is 1. The van der Waals surface area contributed by atoms with Crippen molar-refractivity contribution in [2.24, 2.45) is 0 Å². The molecule has 0 fully saturated rings. The van der Waals surface area contributed by atoms with Gasteiger partial charge in [-0.2, -0.15) is 0 Å². The van der Waals surface area contributed by atoms with Crippen molar-refractivity contribution in [3.05, 3.63) is 68.9 Å². The van der Waals surface area contributed by atoms with Gasteiger partial charge >= 0.3 is 0 Å². The molecule has 0 saturated carbocycles. The molecule has 0 spiro atoms. The van der Waals surface area contributed by atoms with Crippen molar-refractivity contribution in [1.82, 2.24) is 5.32 Å². The first-order valence-electron chi connectivity index (χ1n) is 6.27. The smallest absolute Gasteiger partial charge is 0.251 e. The quantitative estimate of drug-likeness (QED) is 0.897. The second-order valence-electron chi connectivity index (χ2n) is 4.74. The number of halogens is 2. The number of carbonyl (C=O) groups is 1. The summed E-state index contributed by atoms with van der Waals surface area (Å²) in [4.78, 5) is 12.1. The maximum atomic E-state index is 13.6. The number of hydrogen-bond acceptors (Lipinski definition) is 1. The van der Waals surface area contributed by atoms with Crippen LogP contribution >= 0.6 is 15.9 Å². The summed E-state index contributed by atoms with van der Waals surface area (Å²) < 4.78 is 14.4. The molecule has 0 atom stereocenters. The Hall–Kier alpha value is -1.68. The summed E-state index contributed by atoms with van der Waals surface area (Å²) in [5.41, 5.74) is 3.01. The third-order valence-corrected chi connectivity index (χ3v) is 3.58. The van der Waals surface area contributed by atoms with Gasteiger partial charge in [0.15, 0.2) is 0 Å². The normalized spacial score (nSPS) is 10.4. The van der Waals surface area contributed by atoms with Crippen LogP contribution in [0.1, 0.15) is 27.0 Å². The van der Waals surface area contributed by atoms with Crippen LogP contribution in [0.3, 0.4) is 0 Å². The number of nitrogens with one attached hydrogen (secondary N) is 1. The number of aryl methyl sites for hydroxylation is 2. The summed E-state index contributed by atoms with van der Waals surface area (Å²) in [6.07, 6.45) is 0. The molecular formula is C16H15BrFNO. The molecule has 2 rings (SSSR count). The summed E-state index contributed by atoms with van der Waals surface area (Å²) in [6, 6.07) is 10.4. The zero-order chi connectivity index (χ0) is 14.7. The van der Waals surface area contributed by atoms with Crippen molar-refractivity contribution >= 4 is 21.8 Å². The lowest BCUT2D eigenvalue weighted by molar-refractivity contribution is 0.0950. The highest BCUT2D eigenvalue weighted by Gasteiger charge is 2.10. The molecule has 2 aromatic carbocycles. The summed E-state index contributed by atoms with van der Waals surface area (Å²) in [5.74, 6) is -0.514. The van der Waals surface area contributed by atoms with Gasteiger partial charge in [0.25, 0.3) is 5.91 Å². The highest BCUT2D eigenvalue weighted by atomic mass is 79.9. The molecule has 1 amide bonds. The first-order chi connectivity index (χ1) is 9.47. The molecule has 0 bridgehead atoms. The van der Waals surface area contributed by atoms with E-state index in [0.29, 0.717) is 11.1 Å². The van der Waals surface area contributed by atoms with Gasteiger partial charge in [0.1, 0.15) is 5.82 Å². The van der Waals surface area contributed by atoms with Crippen LogP contribution in [0.2, 0.25) is 0 Å². The predicted octanol–water partition coefficient (Wildman–Crippen LogP) is 4.14. The molecular weight excluding hydrogens is 321 g/mol. The lowest BCUT2D eigenvalue weighted by Crippen LogP contribution is -2.24. The molecule has 0 aliphatic heterocycles. The Morgan fingerprint density at radius 2 is 1.95 bits per heavy atom. The topological polar surface area (TPSA) is 29.1 Å². The van der Waals surface area contributed by atoms with E-state index in [-0.39, 0.29) is 18.3 Å². The Morgan fingerprint density at radius 3 is 2.70 bits per heavy atom. The molecule has 2 aromatic rings. The van der Waals surface area contributed by atoms with E-state index in [1.54, 1.807) is 12.1 Å². The maximum Gasteiger partial charge on any atom is 0.251 e. The summed E-state index contributed by atoms with van der Waals surface area (Å²) in [6.45, 7) is 3.98. The predicted molar refractivity (Wildman–Crippen MR) is 81.2 cm³/mol. The Kier molecular flexibility index (Phi) is 4.55. The summed E-state index contributed by atoms with van der Waals surface area (Å²) in [5, 5.41) is 2.75. The van der Waals surface area contributed by atoms with E-state index in [9.17, 15) is 9.18 Å². The minimum absolute atomic E-state index is 0.164. The van der Waals surface area contributed by atoms with Crippen LogP contribution in [0.15, 0.2) is 40.9 Å². The van der Waals surface area contributed by atoms with E-state index in [1.807, 2.05) is 32.0 Å². The number of rotatable bonds is 3. The molecule has 0 radical (unpaired) electrons. The van der Waals surface area contributed by atoms with Crippen LogP contribution in [-0.4, -0.2) is 5.91 Å². The summed E-state index contributed by atoms with van der Waals surface area (Å²) in [7, 11) is 0. The molecule has 4 heteroatoms. The Balaban J connectivity index is 2.12. The Bertz CT molecular complexity index is 655. The van der Waals surface area contributed by atoms with Gasteiger partial charge in [-0.15, -0.1) is 0 Å². The van der Waals surface area contributed by atoms with Gasteiger partial charge in [0.2, 0.25) is 0 Å². The largest absolute Gasteiger partial charge is 0.348 e. The van der Waals surface area contributed by atoms with E-state index < -0.39 is 0 Å². The number of benzene rings is 2. The van der Waals surface area contributed by atoms with Gasteiger partial charge in [-0.05, 0) is 43.7 Å². The van der Waals surface area contributed by atoms with Crippen molar-refractivity contribution in [3.8, 4) is 0 Å². The lowest BCUT2D eigenvalue weighted by Gasteiger charge is -2.09. The number of hydrogen-bond donors (Lipinski definition) is 1. The molecule has 2 nitrogen and oxygen atoms in total. The first-order valence-corrected chi connectivity index (χ1v) is 7.06. The minimum Gasteiger partial charge on any atom is -0.348 e. The van der Waals surface area contributed by atoms with E-state index in [1.165, 1.54) is 6.07 Å².